The minimum absolute atomic E-state index is 0.0368. The second-order valence-electron chi connectivity index (χ2n) is 2.52. The van der Waals surface area contributed by atoms with E-state index in [1.165, 1.54) is 6.92 Å². The third kappa shape index (κ3) is 3.98. The fraction of sp³-hybridized carbons (Fsp3) is 0.625. The van der Waals surface area contributed by atoms with Gasteiger partial charge in [0.05, 0.1) is 5.92 Å². The first-order valence-corrected chi connectivity index (χ1v) is 3.80. The third-order valence-corrected chi connectivity index (χ3v) is 1.64. The molecule has 0 aromatic heterocycles. The van der Waals surface area contributed by atoms with Gasteiger partial charge in [0.15, 0.2) is 0 Å². The molecule has 0 heterocycles. The number of ketones is 1. The predicted molar refractivity (Wildman–Crippen MR) is 44.8 cm³/mol. The summed E-state index contributed by atoms with van der Waals surface area (Å²) in [4.78, 5) is 15.1. The van der Waals surface area contributed by atoms with E-state index in [1.54, 1.807) is 0 Å². The minimum atomic E-state index is -0.100. The summed E-state index contributed by atoms with van der Waals surface area (Å²) in [6.07, 6.45) is 0.743. The summed E-state index contributed by atoms with van der Waals surface area (Å²) < 4.78 is 4.94. The van der Waals surface area contributed by atoms with E-state index in [9.17, 15) is 4.79 Å². The molecule has 0 amide bonds. The predicted octanol–water partition coefficient (Wildman–Crippen LogP) is 0.980. The van der Waals surface area contributed by atoms with E-state index >= 15 is 0 Å². The highest BCUT2D eigenvalue weighted by atomic mass is 16.7. The lowest BCUT2D eigenvalue weighted by Gasteiger charge is -2.12. The molecule has 4 heteroatoms. The fourth-order valence-corrected chi connectivity index (χ4v) is 0.750. The van der Waals surface area contributed by atoms with Crippen LogP contribution in [0, 0.1) is 5.92 Å². The van der Waals surface area contributed by atoms with Crippen LogP contribution in [0.25, 0.3) is 0 Å². The highest BCUT2D eigenvalue weighted by Gasteiger charge is 2.12. The van der Waals surface area contributed by atoms with E-state index in [-0.39, 0.29) is 24.3 Å². The van der Waals surface area contributed by atoms with Crippen LogP contribution in [0.3, 0.4) is 0 Å². The first-order chi connectivity index (χ1) is 5.61. The van der Waals surface area contributed by atoms with Gasteiger partial charge in [0.1, 0.15) is 12.4 Å². The van der Waals surface area contributed by atoms with Gasteiger partial charge in [0.25, 0.3) is 5.95 Å². The van der Waals surface area contributed by atoms with Gasteiger partial charge >= 0.3 is 0 Å². The molecule has 0 spiro atoms. The van der Waals surface area contributed by atoms with Gasteiger partial charge < -0.3 is 9.57 Å². The monoisotopic (exact) mass is 173 g/mol. The molecule has 0 saturated heterocycles. The number of hydrogen-bond donors (Lipinski definition) is 1. The molecule has 0 fully saturated rings. The van der Waals surface area contributed by atoms with Crippen LogP contribution in [0.1, 0.15) is 20.3 Å². The van der Waals surface area contributed by atoms with Crippen LogP contribution in [-0.2, 0) is 14.4 Å². The Morgan fingerprint density at radius 2 is 2.25 bits per heavy atom. The average molecular weight is 173 g/mol. The largest absolute Gasteiger partial charge is 0.464 e. The zero-order chi connectivity index (χ0) is 9.56. The fourth-order valence-electron chi connectivity index (χ4n) is 0.750. The van der Waals surface area contributed by atoms with E-state index in [4.69, 9.17) is 10.6 Å². The summed E-state index contributed by atoms with van der Waals surface area (Å²) in [6, 6.07) is 0. The standard InChI is InChI=1S/C8H15NO3/c1-4-8(6(2)10)5-11-7(3)12-9/h8H,3-5,9H2,1-2H3. The molecular formula is C8H15NO3. The van der Waals surface area contributed by atoms with Crippen molar-refractivity contribution in [1.29, 1.82) is 0 Å². The Labute approximate surface area is 72.3 Å². The molecule has 0 radical (unpaired) electrons. The van der Waals surface area contributed by atoms with Crippen molar-refractivity contribution < 1.29 is 14.4 Å². The molecule has 4 nitrogen and oxygen atoms in total. The average Bonchev–Trinajstić information content (AvgIpc) is 2.04. The number of carbonyl (C=O) groups excluding carboxylic acids is 1. The third-order valence-electron chi connectivity index (χ3n) is 1.64. The first kappa shape index (κ1) is 11.0. The van der Waals surface area contributed by atoms with Crippen molar-refractivity contribution in [2.75, 3.05) is 6.61 Å². The Kier molecular flexibility index (Phi) is 5.12. The first-order valence-electron chi connectivity index (χ1n) is 3.80. The molecule has 2 N–H and O–H groups in total. The van der Waals surface area contributed by atoms with Crippen LogP contribution < -0.4 is 5.90 Å². The highest BCUT2D eigenvalue weighted by Crippen LogP contribution is 2.06. The summed E-state index contributed by atoms with van der Waals surface area (Å²) in [5.41, 5.74) is 0. The minimum Gasteiger partial charge on any atom is -0.464 e. The Bertz CT molecular complexity index is 168. The maximum atomic E-state index is 10.9. The summed E-state index contributed by atoms with van der Waals surface area (Å²) in [5.74, 6) is 4.80. The second-order valence-corrected chi connectivity index (χ2v) is 2.52. The lowest BCUT2D eigenvalue weighted by Crippen LogP contribution is -2.17. The number of nitrogens with two attached hydrogens (primary N) is 1. The van der Waals surface area contributed by atoms with Crippen molar-refractivity contribution in [2.45, 2.75) is 20.3 Å². The van der Waals surface area contributed by atoms with Crippen LogP contribution in [0.5, 0.6) is 0 Å². The van der Waals surface area contributed by atoms with Gasteiger partial charge in [-0.3, -0.25) is 4.79 Å². The smallest absolute Gasteiger partial charge is 0.291 e. The van der Waals surface area contributed by atoms with Crippen molar-refractivity contribution in [3.05, 3.63) is 12.5 Å². The zero-order valence-electron chi connectivity index (χ0n) is 7.50. The highest BCUT2D eigenvalue weighted by molar-refractivity contribution is 5.78. The summed E-state index contributed by atoms with van der Waals surface area (Å²) >= 11 is 0. The number of hydrogen-bond acceptors (Lipinski definition) is 4. The van der Waals surface area contributed by atoms with Gasteiger partial charge in [-0.25, -0.2) is 0 Å². The molecule has 0 aliphatic heterocycles. The van der Waals surface area contributed by atoms with Crippen molar-refractivity contribution in [2.24, 2.45) is 11.8 Å². The quantitative estimate of drug-likeness (QED) is 0.480. The topological polar surface area (TPSA) is 61.6 Å². The molecule has 0 rings (SSSR count). The summed E-state index contributed by atoms with van der Waals surface area (Å²) in [5, 5.41) is 0. The molecule has 0 aromatic carbocycles. The van der Waals surface area contributed by atoms with E-state index in [0.717, 1.165) is 6.42 Å². The van der Waals surface area contributed by atoms with Crippen LogP contribution in [0.15, 0.2) is 12.5 Å². The van der Waals surface area contributed by atoms with Crippen molar-refractivity contribution in [1.82, 2.24) is 0 Å². The normalized spacial score (nSPS) is 11.9. The molecule has 0 aromatic rings. The molecule has 0 saturated carbocycles. The number of carbonyl (C=O) groups is 1. The molecule has 1 unspecified atom stereocenters. The van der Waals surface area contributed by atoms with Gasteiger partial charge in [-0.2, -0.15) is 5.90 Å². The molecule has 12 heavy (non-hydrogen) atoms. The van der Waals surface area contributed by atoms with Crippen LogP contribution in [0.4, 0.5) is 0 Å². The van der Waals surface area contributed by atoms with Crippen LogP contribution in [-0.4, -0.2) is 12.4 Å². The Morgan fingerprint density at radius 1 is 1.67 bits per heavy atom. The maximum Gasteiger partial charge on any atom is 0.291 e. The number of ether oxygens (including phenoxy) is 1. The Hall–Kier alpha value is -1.03. The van der Waals surface area contributed by atoms with E-state index in [2.05, 4.69) is 11.4 Å². The van der Waals surface area contributed by atoms with E-state index in [1.807, 2.05) is 6.92 Å². The van der Waals surface area contributed by atoms with Crippen LogP contribution in [0.2, 0.25) is 0 Å². The van der Waals surface area contributed by atoms with E-state index in [0.29, 0.717) is 0 Å². The zero-order valence-corrected chi connectivity index (χ0v) is 7.50. The second kappa shape index (κ2) is 5.60. The van der Waals surface area contributed by atoms with Gasteiger partial charge in [-0.15, -0.1) is 0 Å². The molecule has 70 valence electrons. The maximum absolute atomic E-state index is 10.9. The SMILES string of the molecule is C=C(ON)OCC(CC)C(C)=O. The molecule has 0 bridgehead atoms. The lowest BCUT2D eigenvalue weighted by atomic mass is 10.0. The van der Waals surface area contributed by atoms with Gasteiger partial charge in [0.2, 0.25) is 0 Å². The van der Waals surface area contributed by atoms with Crippen molar-refractivity contribution in [3.8, 4) is 0 Å². The lowest BCUT2D eigenvalue weighted by molar-refractivity contribution is -0.123. The van der Waals surface area contributed by atoms with Gasteiger partial charge in [-0.05, 0) is 19.9 Å². The van der Waals surface area contributed by atoms with Crippen LogP contribution >= 0.6 is 0 Å². The van der Waals surface area contributed by atoms with Crippen molar-refractivity contribution in [3.63, 3.8) is 0 Å². The summed E-state index contributed by atoms with van der Waals surface area (Å²) in [7, 11) is 0. The van der Waals surface area contributed by atoms with Crippen molar-refractivity contribution >= 4 is 5.78 Å². The van der Waals surface area contributed by atoms with Gasteiger partial charge in [0, 0.05) is 0 Å². The summed E-state index contributed by atoms with van der Waals surface area (Å²) in [6.45, 7) is 7.09. The van der Waals surface area contributed by atoms with E-state index < -0.39 is 0 Å². The molecular weight excluding hydrogens is 158 g/mol. The van der Waals surface area contributed by atoms with Gasteiger partial charge in [-0.1, -0.05) is 6.92 Å². The molecule has 0 aliphatic rings. The number of rotatable bonds is 6. The molecule has 0 aliphatic carbocycles. The number of Topliss-reactive ketones (excluding diaryl/α,β-unsaturated/α-hetero) is 1. The Morgan fingerprint density at radius 3 is 2.58 bits per heavy atom. The Balaban J connectivity index is 3.73. The molecule has 1 atom stereocenters.